The second kappa shape index (κ2) is 1.70. The topological polar surface area (TPSA) is 21.8 Å². The summed E-state index contributed by atoms with van der Waals surface area (Å²) in [5.41, 5.74) is 0. The lowest BCUT2D eigenvalue weighted by atomic mass is 10.0. The van der Waals surface area contributed by atoms with E-state index in [4.69, 9.17) is 9.47 Å². The summed E-state index contributed by atoms with van der Waals surface area (Å²) in [6, 6.07) is 0. The van der Waals surface area contributed by atoms with Gasteiger partial charge in [-0.15, -0.1) is 0 Å². The zero-order valence-electron chi connectivity index (χ0n) is 5.83. The number of epoxide rings is 1. The summed E-state index contributed by atoms with van der Waals surface area (Å²) in [6.45, 7) is 4.38. The van der Waals surface area contributed by atoms with Crippen LogP contribution in [0.3, 0.4) is 0 Å². The molecule has 0 radical (unpaired) electrons. The van der Waals surface area contributed by atoms with Gasteiger partial charge < -0.3 is 9.47 Å². The van der Waals surface area contributed by atoms with E-state index in [-0.39, 0.29) is 6.29 Å². The molecule has 0 amide bonds. The Kier molecular flexibility index (Phi) is 1.08. The molecule has 2 rings (SSSR count). The standard InChI is InChI=1S/C7H12O2/c1-4(2)5-3-6-7(8-5)9-6/h4-7H,3H2,1-2H3. The molecule has 2 aliphatic heterocycles. The highest BCUT2D eigenvalue weighted by molar-refractivity contribution is 4.89. The molecule has 2 aliphatic rings. The summed E-state index contributed by atoms with van der Waals surface area (Å²) in [6.07, 6.45) is 2.21. The Balaban J connectivity index is 1.90. The van der Waals surface area contributed by atoms with E-state index in [9.17, 15) is 0 Å². The first-order chi connectivity index (χ1) is 4.27. The van der Waals surface area contributed by atoms with Crippen LogP contribution in [0.4, 0.5) is 0 Å². The quantitative estimate of drug-likeness (QED) is 0.494. The first-order valence-electron chi connectivity index (χ1n) is 3.58. The molecule has 0 aromatic rings. The number of hydrogen-bond donors (Lipinski definition) is 0. The van der Waals surface area contributed by atoms with E-state index >= 15 is 0 Å². The molecule has 9 heavy (non-hydrogen) atoms. The molecule has 0 bridgehead atoms. The van der Waals surface area contributed by atoms with Crippen LogP contribution in [-0.4, -0.2) is 18.5 Å². The monoisotopic (exact) mass is 128 g/mol. The van der Waals surface area contributed by atoms with Crippen LogP contribution in [0.2, 0.25) is 0 Å². The Morgan fingerprint density at radius 1 is 1.33 bits per heavy atom. The molecule has 52 valence electrons. The van der Waals surface area contributed by atoms with Crippen molar-refractivity contribution in [3.05, 3.63) is 0 Å². The van der Waals surface area contributed by atoms with Crippen molar-refractivity contribution in [2.45, 2.75) is 38.8 Å². The van der Waals surface area contributed by atoms with E-state index in [1.54, 1.807) is 0 Å². The van der Waals surface area contributed by atoms with Gasteiger partial charge in [-0.1, -0.05) is 13.8 Å². The van der Waals surface area contributed by atoms with Crippen molar-refractivity contribution in [2.24, 2.45) is 5.92 Å². The second-order valence-corrected chi connectivity index (χ2v) is 3.20. The Bertz CT molecular complexity index is 112. The molecule has 0 aliphatic carbocycles. The average molecular weight is 128 g/mol. The minimum atomic E-state index is 0.178. The van der Waals surface area contributed by atoms with Crippen LogP contribution >= 0.6 is 0 Å². The fourth-order valence-corrected chi connectivity index (χ4v) is 1.30. The van der Waals surface area contributed by atoms with Gasteiger partial charge in [-0.2, -0.15) is 0 Å². The molecule has 2 saturated heterocycles. The molecular formula is C7H12O2. The van der Waals surface area contributed by atoms with Crippen LogP contribution in [0.1, 0.15) is 20.3 Å². The first kappa shape index (κ1) is 5.69. The summed E-state index contributed by atoms with van der Waals surface area (Å²) in [5, 5.41) is 0. The molecule has 2 nitrogen and oxygen atoms in total. The van der Waals surface area contributed by atoms with E-state index in [1.165, 1.54) is 0 Å². The molecule has 0 aromatic heterocycles. The maximum Gasteiger partial charge on any atom is 0.184 e. The van der Waals surface area contributed by atoms with Crippen molar-refractivity contribution < 1.29 is 9.47 Å². The van der Waals surface area contributed by atoms with Crippen molar-refractivity contribution in [3.63, 3.8) is 0 Å². The van der Waals surface area contributed by atoms with Crippen molar-refractivity contribution in [1.29, 1.82) is 0 Å². The van der Waals surface area contributed by atoms with Crippen molar-refractivity contribution in [1.82, 2.24) is 0 Å². The predicted octanol–water partition coefficient (Wildman–Crippen LogP) is 1.16. The highest BCUT2D eigenvalue weighted by Gasteiger charge is 2.50. The minimum absolute atomic E-state index is 0.178. The largest absolute Gasteiger partial charge is 0.346 e. The van der Waals surface area contributed by atoms with E-state index in [1.807, 2.05) is 0 Å². The molecular weight excluding hydrogens is 116 g/mol. The zero-order chi connectivity index (χ0) is 6.43. The Morgan fingerprint density at radius 3 is 2.44 bits per heavy atom. The molecule has 3 atom stereocenters. The maximum atomic E-state index is 5.47. The molecule has 2 heteroatoms. The van der Waals surface area contributed by atoms with Gasteiger partial charge >= 0.3 is 0 Å². The van der Waals surface area contributed by atoms with E-state index in [0.717, 1.165) is 6.42 Å². The normalized spacial score (nSPS) is 47.7. The average Bonchev–Trinajstić information content (AvgIpc) is 2.40. The summed E-state index contributed by atoms with van der Waals surface area (Å²) < 4.78 is 10.6. The zero-order valence-corrected chi connectivity index (χ0v) is 5.83. The van der Waals surface area contributed by atoms with Crippen LogP contribution in [0, 0.1) is 5.92 Å². The fourth-order valence-electron chi connectivity index (χ4n) is 1.30. The van der Waals surface area contributed by atoms with Crippen molar-refractivity contribution in [3.8, 4) is 0 Å². The molecule has 0 aromatic carbocycles. The first-order valence-corrected chi connectivity index (χ1v) is 3.58. The van der Waals surface area contributed by atoms with Gasteiger partial charge in [0.15, 0.2) is 6.29 Å². The van der Waals surface area contributed by atoms with Gasteiger partial charge in [0.1, 0.15) is 6.10 Å². The molecule has 2 fully saturated rings. The van der Waals surface area contributed by atoms with Gasteiger partial charge in [0.05, 0.1) is 6.10 Å². The van der Waals surface area contributed by atoms with Crippen LogP contribution in [-0.2, 0) is 9.47 Å². The lowest BCUT2D eigenvalue weighted by Crippen LogP contribution is -2.16. The highest BCUT2D eigenvalue weighted by Crippen LogP contribution is 2.39. The van der Waals surface area contributed by atoms with E-state index in [2.05, 4.69) is 13.8 Å². The van der Waals surface area contributed by atoms with Crippen molar-refractivity contribution in [2.75, 3.05) is 0 Å². The lowest BCUT2D eigenvalue weighted by Gasteiger charge is -2.14. The second-order valence-electron chi connectivity index (χ2n) is 3.20. The summed E-state index contributed by atoms with van der Waals surface area (Å²) in [5.74, 6) is 0.654. The van der Waals surface area contributed by atoms with Crippen LogP contribution in [0.15, 0.2) is 0 Å². The van der Waals surface area contributed by atoms with Crippen LogP contribution in [0.5, 0.6) is 0 Å². The maximum absolute atomic E-state index is 5.47. The van der Waals surface area contributed by atoms with E-state index in [0.29, 0.717) is 18.1 Å². The predicted molar refractivity (Wildman–Crippen MR) is 33.0 cm³/mol. The highest BCUT2D eigenvalue weighted by atomic mass is 16.8. The molecule has 0 spiro atoms. The summed E-state index contributed by atoms with van der Waals surface area (Å²) in [4.78, 5) is 0. The Morgan fingerprint density at radius 2 is 2.11 bits per heavy atom. The van der Waals surface area contributed by atoms with Gasteiger partial charge in [-0.25, -0.2) is 0 Å². The summed E-state index contributed by atoms with van der Waals surface area (Å²) >= 11 is 0. The third-order valence-corrected chi connectivity index (χ3v) is 2.05. The molecule has 3 unspecified atom stereocenters. The third kappa shape index (κ3) is 0.864. The van der Waals surface area contributed by atoms with Gasteiger partial charge in [0.25, 0.3) is 0 Å². The Hall–Kier alpha value is -0.0800. The minimum Gasteiger partial charge on any atom is -0.346 e. The SMILES string of the molecule is CC(C)C1CC2OC2O1. The molecule has 2 heterocycles. The van der Waals surface area contributed by atoms with Crippen LogP contribution in [0.25, 0.3) is 0 Å². The molecule has 0 N–H and O–H groups in total. The van der Waals surface area contributed by atoms with Gasteiger partial charge in [-0.05, 0) is 5.92 Å². The number of ether oxygens (including phenoxy) is 2. The van der Waals surface area contributed by atoms with Gasteiger partial charge in [0, 0.05) is 6.42 Å². The van der Waals surface area contributed by atoms with Gasteiger partial charge in [0.2, 0.25) is 0 Å². The lowest BCUT2D eigenvalue weighted by molar-refractivity contribution is -0.0323. The smallest absolute Gasteiger partial charge is 0.184 e. The summed E-state index contributed by atoms with van der Waals surface area (Å²) in [7, 11) is 0. The third-order valence-electron chi connectivity index (χ3n) is 2.05. The molecule has 0 saturated carbocycles. The number of fused-ring (bicyclic) bond motifs is 1. The number of hydrogen-bond acceptors (Lipinski definition) is 2. The van der Waals surface area contributed by atoms with E-state index < -0.39 is 0 Å². The van der Waals surface area contributed by atoms with Crippen molar-refractivity contribution >= 4 is 0 Å². The Labute approximate surface area is 55.1 Å². The van der Waals surface area contributed by atoms with Gasteiger partial charge in [-0.3, -0.25) is 0 Å². The fraction of sp³-hybridized carbons (Fsp3) is 1.00. The van der Waals surface area contributed by atoms with Crippen LogP contribution < -0.4 is 0 Å². The number of rotatable bonds is 1.